The van der Waals surface area contributed by atoms with Gasteiger partial charge in [-0.15, -0.1) is 0 Å². The maximum Gasteiger partial charge on any atom is 0.131 e. The van der Waals surface area contributed by atoms with Crippen molar-refractivity contribution in [1.29, 1.82) is 0 Å². The Bertz CT molecular complexity index is 640. The molecule has 0 radical (unpaired) electrons. The molecule has 5 heteroatoms. The normalized spacial score (nSPS) is 15.5. The molecular weight excluding hydrogens is 278 g/mol. The highest BCUT2D eigenvalue weighted by molar-refractivity contribution is 5.69. The van der Waals surface area contributed by atoms with Crippen LogP contribution in [0.3, 0.4) is 0 Å². The van der Waals surface area contributed by atoms with E-state index in [4.69, 9.17) is 15.2 Å². The minimum atomic E-state index is 0.266. The van der Waals surface area contributed by atoms with Crippen LogP contribution in [0.25, 0.3) is 11.3 Å². The molecule has 0 spiro atoms. The second-order valence-corrected chi connectivity index (χ2v) is 5.38. The number of nitrogen functional groups attached to an aromatic ring is 1. The summed E-state index contributed by atoms with van der Waals surface area (Å²) in [7, 11) is 1.65. The lowest BCUT2D eigenvalue weighted by Crippen LogP contribution is -2.34. The third-order valence-corrected chi connectivity index (χ3v) is 3.81. The molecule has 1 aliphatic rings. The van der Waals surface area contributed by atoms with E-state index in [1.165, 1.54) is 0 Å². The molecular formula is C17H21N3O2. The average Bonchev–Trinajstić information content (AvgIpc) is 2.55. The summed E-state index contributed by atoms with van der Waals surface area (Å²) in [4.78, 5) is 4.35. The number of aromatic nitrogens is 1. The molecule has 3 N–H and O–H groups in total. The van der Waals surface area contributed by atoms with E-state index in [2.05, 4.69) is 10.3 Å². The van der Waals surface area contributed by atoms with Gasteiger partial charge in [-0.3, -0.25) is 0 Å². The van der Waals surface area contributed by atoms with Crippen LogP contribution in [0.15, 0.2) is 36.4 Å². The fraction of sp³-hybridized carbons (Fsp3) is 0.353. The molecule has 1 aromatic heterocycles. The van der Waals surface area contributed by atoms with Crippen LogP contribution < -0.4 is 20.5 Å². The van der Waals surface area contributed by atoms with Crippen molar-refractivity contribution in [3.63, 3.8) is 0 Å². The first kappa shape index (κ1) is 14.7. The van der Waals surface area contributed by atoms with Crippen LogP contribution in [0, 0.1) is 0 Å². The minimum absolute atomic E-state index is 0.266. The molecule has 2 heterocycles. The highest BCUT2D eigenvalue weighted by Gasteiger charge is 2.16. The zero-order chi connectivity index (χ0) is 15.4. The zero-order valence-electron chi connectivity index (χ0n) is 12.7. The van der Waals surface area contributed by atoms with E-state index in [1.807, 2.05) is 30.3 Å². The monoisotopic (exact) mass is 299 g/mol. The number of benzene rings is 1. The molecule has 2 aromatic rings. The summed E-state index contributed by atoms with van der Waals surface area (Å²) in [6, 6.07) is 11.4. The van der Waals surface area contributed by atoms with Crippen LogP contribution in [-0.4, -0.2) is 31.3 Å². The molecule has 1 saturated heterocycles. The van der Waals surface area contributed by atoms with E-state index >= 15 is 0 Å². The largest absolute Gasteiger partial charge is 0.496 e. The van der Waals surface area contributed by atoms with Crippen molar-refractivity contribution in [3.05, 3.63) is 36.4 Å². The number of methoxy groups -OCH3 is 1. The van der Waals surface area contributed by atoms with Crippen LogP contribution >= 0.6 is 0 Å². The second-order valence-electron chi connectivity index (χ2n) is 5.38. The molecule has 116 valence electrons. The van der Waals surface area contributed by atoms with Crippen molar-refractivity contribution in [2.45, 2.75) is 18.9 Å². The van der Waals surface area contributed by atoms with E-state index in [-0.39, 0.29) is 6.10 Å². The van der Waals surface area contributed by atoms with Gasteiger partial charge < -0.3 is 20.5 Å². The van der Waals surface area contributed by atoms with Gasteiger partial charge in [-0.25, -0.2) is 4.98 Å². The number of nitrogens with two attached hydrogens (primary N) is 1. The SMILES string of the molecule is COc1cc(OC2CCNCC2)ccc1-c1cccc(N)n1. The molecule has 3 rings (SSSR count). The molecule has 1 aromatic carbocycles. The van der Waals surface area contributed by atoms with Crippen LogP contribution in [0.4, 0.5) is 5.82 Å². The number of anilines is 1. The number of ether oxygens (including phenoxy) is 2. The summed E-state index contributed by atoms with van der Waals surface area (Å²) < 4.78 is 11.5. The first-order valence-electron chi connectivity index (χ1n) is 7.54. The zero-order valence-corrected chi connectivity index (χ0v) is 12.7. The number of hydrogen-bond acceptors (Lipinski definition) is 5. The quantitative estimate of drug-likeness (QED) is 0.907. The van der Waals surface area contributed by atoms with Crippen molar-refractivity contribution in [2.75, 3.05) is 25.9 Å². The number of nitrogens with zero attached hydrogens (tertiary/aromatic N) is 1. The van der Waals surface area contributed by atoms with Crippen molar-refractivity contribution >= 4 is 5.82 Å². The Kier molecular flexibility index (Phi) is 4.44. The highest BCUT2D eigenvalue weighted by atomic mass is 16.5. The highest BCUT2D eigenvalue weighted by Crippen LogP contribution is 2.33. The molecule has 0 aliphatic carbocycles. The first-order valence-corrected chi connectivity index (χ1v) is 7.54. The lowest BCUT2D eigenvalue weighted by atomic mass is 10.1. The van der Waals surface area contributed by atoms with Gasteiger partial charge in [-0.2, -0.15) is 0 Å². The Morgan fingerprint density at radius 3 is 2.73 bits per heavy atom. The van der Waals surface area contributed by atoms with Gasteiger partial charge in [0.25, 0.3) is 0 Å². The predicted octanol–water partition coefficient (Wildman–Crippen LogP) is 2.47. The predicted molar refractivity (Wildman–Crippen MR) is 87.2 cm³/mol. The van der Waals surface area contributed by atoms with Crippen LogP contribution in [0.5, 0.6) is 11.5 Å². The fourth-order valence-electron chi connectivity index (χ4n) is 2.66. The van der Waals surface area contributed by atoms with Crippen LogP contribution in [0.1, 0.15) is 12.8 Å². The van der Waals surface area contributed by atoms with Gasteiger partial charge in [-0.05, 0) is 50.2 Å². The van der Waals surface area contributed by atoms with Gasteiger partial charge in [0.2, 0.25) is 0 Å². The van der Waals surface area contributed by atoms with Gasteiger partial charge in [0.15, 0.2) is 0 Å². The summed E-state index contributed by atoms with van der Waals surface area (Å²) in [5.41, 5.74) is 7.46. The summed E-state index contributed by atoms with van der Waals surface area (Å²) in [5, 5.41) is 3.33. The van der Waals surface area contributed by atoms with E-state index in [9.17, 15) is 0 Å². The van der Waals surface area contributed by atoms with E-state index in [0.29, 0.717) is 5.82 Å². The summed E-state index contributed by atoms with van der Waals surface area (Å²) >= 11 is 0. The minimum Gasteiger partial charge on any atom is -0.496 e. The Balaban J connectivity index is 1.84. The van der Waals surface area contributed by atoms with E-state index in [0.717, 1.165) is 48.7 Å². The smallest absolute Gasteiger partial charge is 0.131 e. The Morgan fingerprint density at radius 1 is 1.18 bits per heavy atom. The lowest BCUT2D eigenvalue weighted by molar-refractivity contribution is 0.162. The first-order chi connectivity index (χ1) is 10.8. The molecule has 1 aliphatic heterocycles. The van der Waals surface area contributed by atoms with Crippen LogP contribution in [-0.2, 0) is 0 Å². The van der Waals surface area contributed by atoms with Gasteiger partial charge in [0.05, 0.1) is 12.8 Å². The van der Waals surface area contributed by atoms with Gasteiger partial charge in [-0.1, -0.05) is 6.07 Å². The number of piperidine rings is 1. The van der Waals surface area contributed by atoms with Crippen molar-refractivity contribution in [1.82, 2.24) is 10.3 Å². The lowest BCUT2D eigenvalue weighted by Gasteiger charge is -2.24. The Morgan fingerprint density at radius 2 is 2.00 bits per heavy atom. The fourth-order valence-corrected chi connectivity index (χ4v) is 2.66. The molecule has 22 heavy (non-hydrogen) atoms. The van der Waals surface area contributed by atoms with Crippen molar-refractivity contribution in [2.24, 2.45) is 0 Å². The molecule has 0 amide bonds. The average molecular weight is 299 g/mol. The molecule has 5 nitrogen and oxygen atoms in total. The molecule has 1 fully saturated rings. The van der Waals surface area contributed by atoms with E-state index < -0.39 is 0 Å². The third-order valence-electron chi connectivity index (χ3n) is 3.81. The van der Waals surface area contributed by atoms with Gasteiger partial charge >= 0.3 is 0 Å². The van der Waals surface area contributed by atoms with E-state index in [1.54, 1.807) is 13.2 Å². The number of hydrogen-bond donors (Lipinski definition) is 2. The van der Waals surface area contributed by atoms with Crippen molar-refractivity contribution in [3.8, 4) is 22.8 Å². The van der Waals surface area contributed by atoms with Gasteiger partial charge in [0, 0.05) is 11.6 Å². The molecule has 0 atom stereocenters. The third kappa shape index (κ3) is 3.31. The van der Waals surface area contributed by atoms with Crippen molar-refractivity contribution < 1.29 is 9.47 Å². The number of pyridine rings is 1. The second kappa shape index (κ2) is 6.66. The Labute approximate surface area is 130 Å². The topological polar surface area (TPSA) is 69.4 Å². The Hall–Kier alpha value is -2.27. The molecule has 0 bridgehead atoms. The summed E-state index contributed by atoms with van der Waals surface area (Å²) in [6.07, 6.45) is 2.32. The van der Waals surface area contributed by atoms with Gasteiger partial charge in [0.1, 0.15) is 23.4 Å². The standard InChI is InChI=1S/C17H21N3O2/c1-21-16-11-13(22-12-7-9-19-10-8-12)5-6-14(16)15-3-2-4-17(18)20-15/h2-6,11-12,19H,7-10H2,1H3,(H2,18,20). The number of nitrogens with one attached hydrogen (secondary N) is 1. The maximum absolute atomic E-state index is 6.05. The number of rotatable bonds is 4. The molecule has 0 saturated carbocycles. The summed E-state index contributed by atoms with van der Waals surface area (Å²) in [6.45, 7) is 2.01. The van der Waals surface area contributed by atoms with Crippen LogP contribution in [0.2, 0.25) is 0 Å². The molecule has 0 unspecified atom stereocenters. The summed E-state index contributed by atoms with van der Waals surface area (Å²) in [5.74, 6) is 2.07. The maximum atomic E-state index is 6.05.